The predicted molar refractivity (Wildman–Crippen MR) is 78.0 cm³/mol. The highest BCUT2D eigenvalue weighted by atomic mass is 16.3. The number of para-hydroxylation sites is 1. The lowest BCUT2D eigenvalue weighted by Gasteiger charge is -2.12. The standard InChI is InChI=1S/C15H16N4O/c1-19-15(16)12(9-18-19)14(20)8-10-6-7-17-13-5-3-2-4-11(10)13/h2-7,9,14,20H,8,16H2,1H3. The summed E-state index contributed by atoms with van der Waals surface area (Å²) in [5, 5.41) is 15.5. The van der Waals surface area contributed by atoms with Crippen LogP contribution in [-0.4, -0.2) is 19.9 Å². The molecule has 5 nitrogen and oxygen atoms in total. The molecular formula is C15H16N4O. The predicted octanol–water partition coefficient (Wildman–Crippen LogP) is 1.83. The van der Waals surface area contributed by atoms with Crippen LogP contribution in [0.2, 0.25) is 0 Å². The van der Waals surface area contributed by atoms with Crippen LogP contribution in [0.5, 0.6) is 0 Å². The largest absolute Gasteiger partial charge is 0.388 e. The van der Waals surface area contributed by atoms with Crippen molar-refractivity contribution in [3.63, 3.8) is 0 Å². The van der Waals surface area contributed by atoms with E-state index in [2.05, 4.69) is 10.1 Å². The van der Waals surface area contributed by atoms with Crippen LogP contribution in [-0.2, 0) is 13.5 Å². The molecule has 5 heteroatoms. The average Bonchev–Trinajstić information content (AvgIpc) is 2.79. The average molecular weight is 268 g/mol. The highest BCUT2D eigenvalue weighted by Crippen LogP contribution is 2.26. The number of rotatable bonds is 3. The van der Waals surface area contributed by atoms with Gasteiger partial charge in [0, 0.05) is 30.6 Å². The van der Waals surface area contributed by atoms with E-state index >= 15 is 0 Å². The van der Waals surface area contributed by atoms with Crippen LogP contribution in [0, 0.1) is 0 Å². The highest BCUT2D eigenvalue weighted by Gasteiger charge is 2.16. The van der Waals surface area contributed by atoms with Crippen molar-refractivity contribution in [3.05, 3.63) is 53.9 Å². The van der Waals surface area contributed by atoms with Crippen molar-refractivity contribution in [1.82, 2.24) is 14.8 Å². The van der Waals surface area contributed by atoms with Crippen molar-refractivity contribution >= 4 is 16.7 Å². The molecule has 3 rings (SSSR count). The number of aryl methyl sites for hydroxylation is 1. The summed E-state index contributed by atoms with van der Waals surface area (Å²) >= 11 is 0. The molecule has 2 aromatic heterocycles. The lowest BCUT2D eigenvalue weighted by Crippen LogP contribution is -2.06. The molecule has 0 aliphatic heterocycles. The summed E-state index contributed by atoms with van der Waals surface area (Å²) in [4.78, 5) is 4.32. The zero-order chi connectivity index (χ0) is 14.1. The van der Waals surface area contributed by atoms with Gasteiger partial charge in [0.1, 0.15) is 5.82 Å². The number of hydrogen-bond donors (Lipinski definition) is 2. The van der Waals surface area contributed by atoms with E-state index in [1.807, 2.05) is 30.3 Å². The van der Waals surface area contributed by atoms with Gasteiger partial charge in [-0.2, -0.15) is 5.10 Å². The fourth-order valence-corrected chi connectivity index (χ4v) is 2.37. The second kappa shape index (κ2) is 4.94. The molecule has 0 aliphatic rings. The molecule has 0 amide bonds. The van der Waals surface area contributed by atoms with Gasteiger partial charge >= 0.3 is 0 Å². The summed E-state index contributed by atoms with van der Waals surface area (Å²) in [6.07, 6.45) is 3.19. The van der Waals surface area contributed by atoms with E-state index in [1.165, 1.54) is 0 Å². The smallest absolute Gasteiger partial charge is 0.127 e. The molecule has 2 heterocycles. The third kappa shape index (κ3) is 2.12. The normalized spacial score (nSPS) is 12.7. The molecule has 20 heavy (non-hydrogen) atoms. The fourth-order valence-electron chi connectivity index (χ4n) is 2.37. The summed E-state index contributed by atoms with van der Waals surface area (Å²) in [6.45, 7) is 0. The SMILES string of the molecule is Cn1ncc(C(O)Cc2ccnc3ccccc23)c1N. The van der Waals surface area contributed by atoms with Gasteiger partial charge in [0.25, 0.3) is 0 Å². The minimum absolute atomic E-state index is 0.485. The number of fused-ring (bicyclic) bond motifs is 1. The van der Waals surface area contributed by atoms with Crippen LogP contribution in [0.15, 0.2) is 42.7 Å². The number of nitrogens with zero attached hydrogens (tertiary/aromatic N) is 3. The summed E-state index contributed by atoms with van der Waals surface area (Å²) in [7, 11) is 1.76. The Kier molecular flexibility index (Phi) is 3.12. The van der Waals surface area contributed by atoms with E-state index in [0.29, 0.717) is 17.8 Å². The van der Waals surface area contributed by atoms with Gasteiger partial charge in [-0.3, -0.25) is 9.67 Å². The first-order valence-corrected chi connectivity index (χ1v) is 6.45. The summed E-state index contributed by atoms with van der Waals surface area (Å²) < 4.78 is 1.56. The molecule has 102 valence electrons. The topological polar surface area (TPSA) is 77.0 Å². The first kappa shape index (κ1) is 12.6. The number of pyridine rings is 1. The maximum absolute atomic E-state index is 10.4. The molecule has 3 aromatic rings. The first-order valence-electron chi connectivity index (χ1n) is 6.45. The summed E-state index contributed by atoms with van der Waals surface area (Å²) in [5.74, 6) is 0.496. The minimum atomic E-state index is -0.672. The number of aliphatic hydroxyl groups is 1. The van der Waals surface area contributed by atoms with Crippen LogP contribution in [0.4, 0.5) is 5.82 Å². The Bertz CT molecular complexity index is 745. The Hall–Kier alpha value is -2.40. The Balaban J connectivity index is 1.95. The fraction of sp³-hybridized carbons (Fsp3) is 0.200. The highest BCUT2D eigenvalue weighted by molar-refractivity contribution is 5.81. The number of anilines is 1. The summed E-state index contributed by atoms with van der Waals surface area (Å²) in [5.41, 5.74) is 8.53. The first-order chi connectivity index (χ1) is 9.66. The Labute approximate surface area is 116 Å². The molecule has 1 aromatic carbocycles. The van der Waals surface area contributed by atoms with Crippen molar-refractivity contribution in [2.75, 3.05) is 5.73 Å². The van der Waals surface area contributed by atoms with Gasteiger partial charge < -0.3 is 10.8 Å². The molecule has 1 atom stereocenters. The number of hydrogen-bond acceptors (Lipinski definition) is 4. The maximum Gasteiger partial charge on any atom is 0.127 e. The van der Waals surface area contributed by atoms with Crippen LogP contribution in [0.25, 0.3) is 10.9 Å². The molecule has 0 radical (unpaired) electrons. The van der Waals surface area contributed by atoms with Crippen molar-refractivity contribution in [2.24, 2.45) is 7.05 Å². The molecule has 0 saturated heterocycles. The molecule has 0 fully saturated rings. The lowest BCUT2D eigenvalue weighted by atomic mass is 10.0. The monoisotopic (exact) mass is 268 g/mol. The van der Waals surface area contributed by atoms with Crippen LogP contribution in [0.1, 0.15) is 17.2 Å². The quantitative estimate of drug-likeness (QED) is 0.759. The zero-order valence-corrected chi connectivity index (χ0v) is 11.2. The molecular weight excluding hydrogens is 252 g/mol. The van der Waals surface area contributed by atoms with Gasteiger partial charge in [-0.1, -0.05) is 18.2 Å². The van der Waals surface area contributed by atoms with E-state index in [9.17, 15) is 5.11 Å². The zero-order valence-electron chi connectivity index (χ0n) is 11.2. The van der Waals surface area contributed by atoms with E-state index in [-0.39, 0.29) is 0 Å². The second-order valence-corrected chi connectivity index (χ2v) is 4.82. The number of aromatic nitrogens is 3. The number of aliphatic hydroxyl groups excluding tert-OH is 1. The number of nitrogens with two attached hydrogens (primary N) is 1. The maximum atomic E-state index is 10.4. The minimum Gasteiger partial charge on any atom is -0.388 e. The Morgan fingerprint density at radius 3 is 2.85 bits per heavy atom. The molecule has 1 unspecified atom stereocenters. The number of nitrogen functional groups attached to an aromatic ring is 1. The second-order valence-electron chi connectivity index (χ2n) is 4.82. The third-order valence-corrected chi connectivity index (χ3v) is 3.53. The lowest BCUT2D eigenvalue weighted by molar-refractivity contribution is 0.179. The number of benzene rings is 1. The molecule has 0 saturated carbocycles. The van der Waals surface area contributed by atoms with E-state index in [1.54, 1.807) is 24.1 Å². The Morgan fingerprint density at radius 1 is 1.30 bits per heavy atom. The molecule has 3 N–H and O–H groups in total. The molecule has 0 bridgehead atoms. The van der Waals surface area contributed by atoms with Crippen LogP contribution < -0.4 is 5.73 Å². The third-order valence-electron chi connectivity index (χ3n) is 3.53. The van der Waals surface area contributed by atoms with Gasteiger partial charge in [0.15, 0.2) is 0 Å². The van der Waals surface area contributed by atoms with E-state index in [0.717, 1.165) is 16.5 Å². The van der Waals surface area contributed by atoms with E-state index in [4.69, 9.17) is 5.73 Å². The Morgan fingerprint density at radius 2 is 2.10 bits per heavy atom. The van der Waals surface area contributed by atoms with Gasteiger partial charge in [-0.25, -0.2) is 0 Å². The van der Waals surface area contributed by atoms with Gasteiger partial charge in [0.2, 0.25) is 0 Å². The van der Waals surface area contributed by atoms with Crippen molar-refractivity contribution in [1.29, 1.82) is 0 Å². The van der Waals surface area contributed by atoms with Crippen molar-refractivity contribution < 1.29 is 5.11 Å². The summed E-state index contributed by atoms with van der Waals surface area (Å²) in [6, 6.07) is 9.83. The van der Waals surface area contributed by atoms with Gasteiger partial charge in [-0.15, -0.1) is 0 Å². The molecule has 0 aliphatic carbocycles. The van der Waals surface area contributed by atoms with Gasteiger partial charge in [0.05, 0.1) is 17.8 Å². The van der Waals surface area contributed by atoms with E-state index < -0.39 is 6.10 Å². The van der Waals surface area contributed by atoms with Crippen LogP contribution in [0.3, 0.4) is 0 Å². The van der Waals surface area contributed by atoms with Crippen LogP contribution >= 0.6 is 0 Å². The van der Waals surface area contributed by atoms with Gasteiger partial charge in [-0.05, 0) is 17.7 Å². The van der Waals surface area contributed by atoms with Crippen molar-refractivity contribution in [2.45, 2.75) is 12.5 Å². The van der Waals surface area contributed by atoms with Crippen molar-refractivity contribution in [3.8, 4) is 0 Å². The molecule has 0 spiro atoms.